The second-order valence-corrected chi connectivity index (χ2v) is 8.55. The summed E-state index contributed by atoms with van der Waals surface area (Å²) in [5.74, 6) is 1.47. The number of nitriles is 1. The quantitative estimate of drug-likeness (QED) is 0.159. The van der Waals surface area contributed by atoms with E-state index in [9.17, 15) is 10.1 Å². The Hall–Kier alpha value is -3.46. The Labute approximate surface area is 215 Å². The summed E-state index contributed by atoms with van der Waals surface area (Å²) in [4.78, 5) is 16.6. The maximum atomic E-state index is 12.5. The molecule has 12 heteroatoms. The van der Waals surface area contributed by atoms with Crippen LogP contribution in [0.5, 0.6) is 23.0 Å². The first-order valence-electron chi connectivity index (χ1n) is 10.1. The molecule has 9 nitrogen and oxygen atoms in total. The fourth-order valence-electron chi connectivity index (χ4n) is 2.76. The number of carbonyl (C=O) groups is 1. The van der Waals surface area contributed by atoms with Crippen molar-refractivity contribution in [2.75, 3.05) is 39.0 Å². The van der Waals surface area contributed by atoms with Gasteiger partial charge in [-0.2, -0.15) is 14.6 Å². The average Bonchev–Trinajstić information content (AvgIpc) is 3.33. The third-order valence-electron chi connectivity index (χ3n) is 4.40. The zero-order chi connectivity index (χ0) is 25.2. The SMILES string of the molecule is COc1ccc(OCCOc2c(Cl)cc(C=C(C#N)C(=O)Nc3nc(SC)ns3)cc2OC)cc1. The van der Waals surface area contributed by atoms with E-state index in [-0.39, 0.29) is 23.8 Å². The number of carbonyl (C=O) groups excluding carboxylic acids is 1. The Morgan fingerprint density at radius 1 is 1.17 bits per heavy atom. The van der Waals surface area contributed by atoms with Crippen molar-refractivity contribution < 1.29 is 23.7 Å². The number of amides is 1. The largest absolute Gasteiger partial charge is 0.497 e. The second kappa shape index (κ2) is 12.9. The zero-order valence-electron chi connectivity index (χ0n) is 19.0. The Morgan fingerprint density at radius 3 is 2.51 bits per heavy atom. The molecule has 0 spiro atoms. The number of hydrogen-bond acceptors (Lipinski definition) is 10. The van der Waals surface area contributed by atoms with Gasteiger partial charge in [0, 0.05) is 11.5 Å². The van der Waals surface area contributed by atoms with Crippen molar-refractivity contribution in [2.45, 2.75) is 5.16 Å². The van der Waals surface area contributed by atoms with Crippen molar-refractivity contribution in [3.63, 3.8) is 0 Å². The maximum Gasteiger partial charge on any atom is 0.268 e. The van der Waals surface area contributed by atoms with Gasteiger partial charge < -0.3 is 18.9 Å². The molecule has 3 rings (SSSR count). The Bertz CT molecular complexity index is 1240. The van der Waals surface area contributed by atoms with Crippen molar-refractivity contribution in [2.24, 2.45) is 0 Å². The van der Waals surface area contributed by atoms with Gasteiger partial charge in [-0.1, -0.05) is 23.4 Å². The van der Waals surface area contributed by atoms with E-state index in [2.05, 4.69) is 14.7 Å². The van der Waals surface area contributed by atoms with Gasteiger partial charge in [-0.05, 0) is 54.3 Å². The van der Waals surface area contributed by atoms with Gasteiger partial charge in [0.1, 0.15) is 36.4 Å². The Kier molecular flexibility index (Phi) is 9.60. The monoisotopic (exact) mass is 532 g/mol. The van der Waals surface area contributed by atoms with Crippen LogP contribution in [0.3, 0.4) is 0 Å². The standard InChI is InChI=1S/C23H21ClN4O5S2/c1-30-16-4-6-17(7-5-16)32-8-9-33-20-18(24)11-14(12-19(20)31-2)10-15(13-25)21(29)26-22-27-23(34-3)28-35-22/h4-7,10-12H,8-9H2,1-3H3,(H,26,27,28,29). The van der Waals surface area contributed by atoms with E-state index < -0.39 is 5.91 Å². The van der Waals surface area contributed by atoms with E-state index in [1.54, 1.807) is 43.5 Å². The predicted octanol–water partition coefficient (Wildman–Crippen LogP) is 4.93. The van der Waals surface area contributed by atoms with Crippen LogP contribution in [0.4, 0.5) is 5.13 Å². The number of nitrogens with one attached hydrogen (secondary N) is 1. The molecule has 0 unspecified atom stereocenters. The molecule has 35 heavy (non-hydrogen) atoms. The minimum atomic E-state index is -0.609. The lowest BCUT2D eigenvalue weighted by Crippen LogP contribution is -2.13. The highest BCUT2D eigenvalue weighted by Gasteiger charge is 2.16. The van der Waals surface area contributed by atoms with Crippen LogP contribution in [0.2, 0.25) is 5.02 Å². The zero-order valence-corrected chi connectivity index (χ0v) is 21.4. The summed E-state index contributed by atoms with van der Waals surface area (Å²) in [7, 11) is 3.07. The van der Waals surface area contributed by atoms with Crippen LogP contribution in [-0.2, 0) is 4.79 Å². The molecule has 0 radical (unpaired) electrons. The van der Waals surface area contributed by atoms with Crippen molar-refractivity contribution >= 4 is 52.0 Å². The fourth-order valence-corrected chi connectivity index (χ4v) is 4.16. The molecular formula is C23H21ClN4O5S2. The second-order valence-electron chi connectivity index (χ2n) is 6.62. The van der Waals surface area contributed by atoms with Gasteiger partial charge in [-0.25, -0.2) is 0 Å². The average molecular weight is 533 g/mol. The number of hydrogen-bond donors (Lipinski definition) is 1. The van der Waals surface area contributed by atoms with E-state index in [1.807, 2.05) is 12.3 Å². The smallest absolute Gasteiger partial charge is 0.268 e. The number of aromatic nitrogens is 2. The highest BCUT2D eigenvalue weighted by atomic mass is 35.5. The summed E-state index contributed by atoms with van der Waals surface area (Å²) in [6.07, 6.45) is 3.23. The van der Waals surface area contributed by atoms with Crippen LogP contribution in [0.1, 0.15) is 5.56 Å². The van der Waals surface area contributed by atoms with Gasteiger partial charge in [0.25, 0.3) is 5.91 Å². The van der Waals surface area contributed by atoms with Crippen molar-refractivity contribution in [1.29, 1.82) is 5.26 Å². The van der Waals surface area contributed by atoms with Gasteiger partial charge in [0.15, 0.2) is 11.5 Å². The number of ether oxygens (including phenoxy) is 4. The first-order valence-corrected chi connectivity index (χ1v) is 12.4. The van der Waals surface area contributed by atoms with Crippen molar-refractivity contribution in [3.8, 4) is 29.1 Å². The van der Waals surface area contributed by atoms with Gasteiger partial charge in [0.05, 0.1) is 19.2 Å². The van der Waals surface area contributed by atoms with Gasteiger partial charge >= 0.3 is 0 Å². The molecule has 2 aromatic carbocycles. The summed E-state index contributed by atoms with van der Waals surface area (Å²) in [6, 6.07) is 12.3. The highest BCUT2D eigenvalue weighted by Crippen LogP contribution is 2.37. The summed E-state index contributed by atoms with van der Waals surface area (Å²) >= 11 is 8.79. The lowest BCUT2D eigenvalue weighted by Gasteiger charge is -2.14. The summed E-state index contributed by atoms with van der Waals surface area (Å²) in [5, 5.41) is 13.1. The van der Waals surface area contributed by atoms with Gasteiger partial charge in [-0.15, -0.1) is 0 Å². The highest BCUT2D eigenvalue weighted by molar-refractivity contribution is 7.98. The molecular weight excluding hydrogens is 512 g/mol. The molecule has 1 aromatic heterocycles. The molecule has 0 aliphatic carbocycles. The van der Waals surface area contributed by atoms with Crippen LogP contribution in [-0.4, -0.2) is 49.0 Å². The van der Waals surface area contributed by atoms with Gasteiger partial charge in [-0.3, -0.25) is 10.1 Å². The van der Waals surface area contributed by atoms with Crippen LogP contribution in [0, 0.1) is 11.3 Å². The number of nitrogens with zero attached hydrogens (tertiary/aromatic N) is 3. The third kappa shape index (κ3) is 7.26. The molecule has 0 saturated heterocycles. The Morgan fingerprint density at radius 2 is 1.89 bits per heavy atom. The molecule has 0 bridgehead atoms. The summed E-state index contributed by atoms with van der Waals surface area (Å²) in [6.45, 7) is 0.485. The minimum Gasteiger partial charge on any atom is -0.497 e. The molecule has 0 saturated carbocycles. The number of methoxy groups -OCH3 is 2. The number of rotatable bonds is 11. The molecule has 0 atom stereocenters. The summed E-state index contributed by atoms with van der Waals surface area (Å²) in [5.41, 5.74) is 0.355. The third-order valence-corrected chi connectivity index (χ3v) is 5.97. The first-order chi connectivity index (χ1) is 17.0. The van der Waals surface area contributed by atoms with Crippen LogP contribution < -0.4 is 24.3 Å². The van der Waals surface area contributed by atoms with Crippen molar-refractivity contribution in [1.82, 2.24) is 9.36 Å². The van der Waals surface area contributed by atoms with Crippen LogP contribution in [0.25, 0.3) is 6.08 Å². The molecule has 182 valence electrons. The molecule has 1 amide bonds. The van der Waals surface area contributed by atoms with Crippen LogP contribution >= 0.6 is 34.9 Å². The van der Waals surface area contributed by atoms with E-state index in [0.717, 1.165) is 17.3 Å². The number of anilines is 1. The van der Waals surface area contributed by atoms with Gasteiger partial charge in [0.2, 0.25) is 10.3 Å². The van der Waals surface area contributed by atoms with Crippen LogP contribution in [0.15, 0.2) is 47.1 Å². The fraction of sp³-hybridized carbons (Fsp3) is 0.217. The lowest BCUT2D eigenvalue weighted by atomic mass is 10.1. The molecule has 0 aliphatic heterocycles. The molecule has 0 fully saturated rings. The number of thioether (sulfide) groups is 1. The molecule has 3 aromatic rings. The van der Waals surface area contributed by atoms with E-state index in [4.69, 9.17) is 30.5 Å². The Balaban J connectivity index is 1.66. The molecule has 1 heterocycles. The molecule has 0 aliphatic rings. The van der Waals surface area contributed by atoms with Crippen molar-refractivity contribution in [3.05, 3.63) is 52.6 Å². The predicted molar refractivity (Wildman–Crippen MR) is 136 cm³/mol. The van der Waals surface area contributed by atoms with E-state index in [1.165, 1.54) is 24.9 Å². The first kappa shape index (κ1) is 26.2. The topological polar surface area (TPSA) is 116 Å². The normalized spacial score (nSPS) is 10.9. The maximum absolute atomic E-state index is 12.5. The summed E-state index contributed by atoms with van der Waals surface area (Å²) < 4.78 is 26.0. The lowest BCUT2D eigenvalue weighted by molar-refractivity contribution is -0.112. The van der Waals surface area contributed by atoms with E-state index >= 15 is 0 Å². The van der Waals surface area contributed by atoms with E-state index in [0.29, 0.717) is 33.1 Å². The molecule has 1 N–H and O–H groups in total. The number of benzene rings is 2. The minimum absolute atomic E-state index is 0.134. The number of halogens is 1.